The van der Waals surface area contributed by atoms with Crippen molar-refractivity contribution in [2.45, 2.75) is 62.7 Å². The molecule has 0 amide bonds. The summed E-state index contributed by atoms with van der Waals surface area (Å²) in [5.41, 5.74) is 0.998. The number of esters is 2. The summed E-state index contributed by atoms with van der Waals surface area (Å²) in [4.78, 5) is 25.0. The van der Waals surface area contributed by atoms with Crippen LogP contribution in [0.2, 0.25) is 0 Å². The zero-order valence-corrected chi connectivity index (χ0v) is 20.9. The number of benzene rings is 1. The number of aliphatic hydroxyl groups is 4. The van der Waals surface area contributed by atoms with Gasteiger partial charge in [0.05, 0.1) is 37.6 Å². The molecular formula is C26H32O12. The molecule has 4 rings (SSSR count). The van der Waals surface area contributed by atoms with Crippen LogP contribution >= 0.6 is 0 Å². The summed E-state index contributed by atoms with van der Waals surface area (Å²) in [6, 6.07) is 9.20. The first kappa shape index (κ1) is 28.2. The van der Waals surface area contributed by atoms with Crippen molar-refractivity contribution in [3.63, 3.8) is 0 Å². The van der Waals surface area contributed by atoms with E-state index < -0.39 is 79.8 Å². The molecule has 1 aromatic rings. The highest BCUT2D eigenvalue weighted by Gasteiger charge is 2.52. The zero-order valence-electron chi connectivity index (χ0n) is 20.9. The van der Waals surface area contributed by atoms with E-state index in [0.717, 1.165) is 5.56 Å². The predicted octanol–water partition coefficient (Wildman–Crippen LogP) is -0.160. The van der Waals surface area contributed by atoms with Gasteiger partial charge in [-0.05, 0) is 18.6 Å². The van der Waals surface area contributed by atoms with Gasteiger partial charge in [0.15, 0.2) is 6.29 Å². The summed E-state index contributed by atoms with van der Waals surface area (Å²) in [6.07, 6.45) is -6.12. The van der Waals surface area contributed by atoms with E-state index in [9.17, 15) is 30.0 Å². The third-order valence-corrected chi connectivity index (χ3v) is 6.86. The fourth-order valence-electron chi connectivity index (χ4n) is 4.87. The largest absolute Gasteiger partial charge is 0.471 e. The Kier molecular flexibility index (Phi) is 9.15. The van der Waals surface area contributed by atoms with Gasteiger partial charge >= 0.3 is 11.9 Å². The Balaban J connectivity index is 1.49. The monoisotopic (exact) mass is 536 g/mol. The molecule has 0 aliphatic carbocycles. The fourth-order valence-corrected chi connectivity index (χ4v) is 4.87. The second-order valence-corrected chi connectivity index (χ2v) is 9.27. The molecule has 2 fully saturated rings. The van der Waals surface area contributed by atoms with Gasteiger partial charge in [-0.1, -0.05) is 30.3 Å². The molecule has 2 saturated heterocycles. The highest BCUT2D eigenvalue weighted by atomic mass is 16.8. The van der Waals surface area contributed by atoms with E-state index in [1.165, 1.54) is 19.4 Å². The van der Waals surface area contributed by atoms with Gasteiger partial charge in [0.2, 0.25) is 12.6 Å². The molecule has 12 heteroatoms. The van der Waals surface area contributed by atoms with E-state index >= 15 is 0 Å². The van der Waals surface area contributed by atoms with Gasteiger partial charge in [0.25, 0.3) is 0 Å². The quantitative estimate of drug-likeness (QED) is 0.269. The van der Waals surface area contributed by atoms with Crippen molar-refractivity contribution in [3.05, 3.63) is 53.8 Å². The molecule has 3 heterocycles. The maximum atomic E-state index is 12.5. The van der Waals surface area contributed by atoms with Gasteiger partial charge in [0, 0.05) is 18.4 Å². The van der Waals surface area contributed by atoms with E-state index in [-0.39, 0.29) is 12.0 Å². The third kappa shape index (κ3) is 6.07. The number of fused-ring (bicyclic) bond motifs is 1. The van der Waals surface area contributed by atoms with Crippen molar-refractivity contribution in [2.75, 3.05) is 13.7 Å². The van der Waals surface area contributed by atoms with E-state index in [1.54, 1.807) is 13.0 Å². The van der Waals surface area contributed by atoms with Gasteiger partial charge in [-0.15, -0.1) is 0 Å². The number of ether oxygens (including phenoxy) is 6. The predicted molar refractivity (Wildman–Crippen MR) is 127 cm³/mol. The van der Waals surface area contributed by atoms with Crippen LogP contribution in [0.1, 0.15) is 18.9 Å². The molecule has 12 nitrogen and oxygen atoms in total. The van der Waals surface area contributed by atoms with Crippen molar-refractivity contribution in [2.24, 2.45) is 11.8 Å². The number of methoxy groups -OCH3 is 1. The van der Waals surface area contributed by atoms with Gasteiger partial charge in [-0.3, -0.25) is 0 Å². The molecule has 1 unspecified atom stereocenters. The summed E-state index contributed by atoms with van der Waals surface area (Å²) in [7, 11) is 1.23. The van der Waals surface area contributed by atoms with Crippen LogP contribution in [0.25, 0.3) is 6.08 Å². The first-order chi connectivity index (χ1) is 18.2. The maximum Gasteiger partial charge on any atom is 0.337 e. The SMILES string of the molecule is COC(=O)C1=CO[C@@H](O[C@@H]2O[C@H](CO)[C@@H](O)[C@H](O)[C@H]2O)[C@@H]2[C@H](C)OC(OC(=O)/C=C/c3ccccc3)C[C@H]12. The zero-order chi connectivity index (χ0) is 27.4. The summed E-state index contributed by atoms with van der Waals surface area (Å²) < 4.78 is 33.2. The van der Waals surface area contributed by atoms with Crippen LogP contribution in [0.4, 0.5) is 0 Å². The third-order valence-electron chi connectivity index (χ3n) is 6.86. The second kappa shape index (κ2) is 12.3. The molecular weight excluding hydrogens is 504 g/mol. The Labute approximate surface area is 219 Å². The molecule has 4 N–H and O–H groups in total. The lowest BCUT2D eigenvalue weighted by molar-refractivity contribution is -0.352. The Morgan fingerprint density at radius 1 is 1.05 bits per heavy atom. The molecule has 3 aliphatic heterocycles. The highest BCUT2D eigenvalue weighted by molar-refractivity contribution is 5.89. The van der Waals surface area contributed by atoms with Crippen molar-refractivity contribution in [3.8, 4) is 0 Å². The Hall–Kier alpha value is -2.84. The number of hydrogen-bond acceptors (Lipinski definition) is 12. The van der Waals surface area contributed by atoms with Crippen LogP contribution in [-0.4, -0.2) is 95.5 Å². The van der Waals surface area contributed by atoms with Gasteiger partial charge in [0.1, 0.15) is 24.4 Å². The van der Waals surface area contributed by atoms with Gasteiger partial charge in [-0.2, -0.15) is 0 Å². The maximum absolute atomic E-state index is 12.5. The Morgan fingerprint density at radius 2 is 1.79 bits per heavy atom. The summed E-state index contributed by atoms with van der Waals surface area (Å²) in [6.45, 7) is 1.06. The van der Waals surface area contributed by atoms with E-state index in [0.29, 0.717) is 0 Å². The second-order valence-electron chi connectivity index (χ2n) is 9.27. The van der Waals surface area contributed by atoms with Crippen molar-refractivity contribution < 1.29 is 58.4 Å². The smallest absolute Gasteiger partial charge is 0.337 e. The van der Waals surface area contributed by atoms with Crippen LogP contribution in [0, 0.1) is 11.8 Å². The molecule has 0 saturated carbocycles. The summed E-state index contributed by atoms with van der Waals surface area (Å²) in [5, 5.41) is 40.0. The number of carbonyl (C=O) groups is 2. The van der Waals surface area contributed by atoms with Gasteiger partial charge < -0.3 is 48.8 Å². The fraction of sp³-hybridized carbons (Fsp3) is 0.538. The van der Waals surface area contributed by atoms with E-state index in [2.05, 4.69) is 0 Å². The Morgan fingerprint density at radius 3 is 2.47 bits per heavy atom. The molecule has 3 aliphatic rings. The first-order valence-electron chi connectivity index (χ1n) is 12.2. The lowest BCUT2D eigenvalue weighted by Crippen LogP contribution is -2.61. The average Bonchev–Trinajstić information content (AvgIpc) is 2.92. The number of hydrogen-bond donors (Lipinski definition) is 4. The van der Waals surface area contributed by atoms with Crippen LogP contribution in [-0.2, 0) is 38.0 Å². The molecule has 1 aromatic carbocycles. The molecule has 0 bridgehead atoms. The first-order valence-corrected chi connectivity index (χ1v) is 12.2. The lowest BCUT2D eigenvalue weighted by atomic mass is 9.77. The molecule has 0 aromatic heterocycles. The van der Waals surface area contributed by atoms with Crippen molar-refractivity contribution in [1.82, 2.24) is 0 Å². The van der Waals surface area contributed by atoms with Gasteiger partial charge in [-0.25, -0.2) is 9.59 Å². The minimum Gasteiger partial charge on any atom is -0.471 e. The molecule has 208 valence electrons. The van der Waals surface area contributed by atoms with Crippen LogP contribution in [0.5, 0.6) is 0 Å². The minimum atomic E-state index is -1.65. The van der Waals surface area contributed by atoms with Crippen LogP contribution in [0.15, 0.2) is 48.2 Å². The number of rotatable bonds is 7. The average molecular weight is 537 g/mol. The highest BCUT2D eigenvalue weighted by Crippen LogP contribution is 2.43. The van der Waals surface area contributed by atoms with Crippen LogP contribution < -0.4 is 0 Å². The van der Waals surface area contributed by atoms with Crippen molar-refractivity contribution in [1.29, 1.82) is 0 Å². The standard InChI is InChI=1S/C26H32O12/c1-13-20-15(10-19(35-13)37-18(28)9-8-14-6-4-3-5-7-14)16(24(32)33-2)12-34-25(20)38-26-23(31)22(30)21(29)17(11-27)36-26/h3-9,12-13,15,17,19-23,25-27,29-31H,10-11H2,1-2H3/b9-8+/t13-,15+,17+,19?,20+,21+,22-,23+,25-,26-/m0/s1. The lowest BCUT2D eigenvalue weighted by Gasteiger charge is -2.47. The van der Waals surface area contributed by atoms with Crippen LogP contribution in [0.3, 0.4) is 0 Å². The molecule has 10 atom stereocenters. The van der Waals surface area contributed by atoms with Crippen molar-refractivity contribution >= 4 is 18.0 Å². The van der Waals surface area contributed by atoms with E-state index in [1.807, 2.05) is 30.3 Å². The molecule has 0 spiro atoms. The van der Waals surface area contributed by atoms with E-state index in [4.69, 9.17) is 28.4 Å². The number of aliphatic hydroxyl groups excluding tert-OH is 4. The minimum absolute atomic E-state index is 0.0821. The normalized spacial score (nSPS) is 37.1. The molecule has 38 heavy (non-hydrogen) atoms. The number of carbonyl (C=O) groups excluding carboxylic acids is 2. The Bertz CT molecular complexity index is 1020. The topological polar surface area (TPSA) is 170 Å². The summed E-state index contributed by atoms with van der Waals surface area (Å²) in [5.74, 6) is -2.51. The molecule has 0 radical (unpaired) electrons. The summed E-state index contributed by atoms with van der Waals surface area (Å²) >= 11 is 0.